The number of hydrogen-bond donors (Lipinski definition) is 2. The van der Waals surface area contributed by atoms with E-state index in [-0.39, 0.29) is 24.0 Å². The number of halogens is 1. The van der Waals surface area contributed by atoms with Gasteiger partial charge in [0.05, 0.1) is 0 Å². The first kappa shape index (κ1) is 25.4. The number of nitrogens with zero attached hydrogens (tertiary/aromatic N) is 3. The highest BCUT2D eigenvalue weighted by Crippen LogP contribution is 2.15. The second kappa shape index (κ2) is 13.6. The molecule has 1 heterocycles. The van der Waals surface area contributed by atoms with Crippen LogP contribution in [0.1, 0.15) is 75.2 Å². The van der Waals surface area contributed by atoms with E-state index < -0.39 is 0 Å². The van der Waals surface area contributed by atoms with Crippen molar-refractivity contribution in [2.45, 2.75) is 65.2 Å². The fourth-order valence-corrected chi connectivity index (χ4v) is 2.84. The summed E-state index contributed by atoms with van der Waals surface area (Å²) in [6, 6.07) is 8.96. The SMILES string of the molecule is CN=C(NCCCc1ccc(C(C)C)cc1)NCCCc1nc(C(C)C)no1.I. The second-order valence-corrected chi connectivity index (χ2v) is 7.73. The van der Waals surface area contributed by atoms with Gasteiger partial charge < -0.3 is 15.2 Å². The molecule has 162 valence electrons. The molecule has 0 aliphatic carbocycles. The van der Waals surface area contributed by atoms with Gasteiger partial charge in [-0.15, -0.1) is 24.0 Å². The minimum atomic E-state index is 0. The molecule has 0 atom stereocenters. The maximum absolute atomic E-state index is 5.27. The summed E-state index contributed by atoms with van der Waals surface area (Å²) in [5.41, 5.74) is 2.78. The highest BCUT2D eigenvalue weighted by Gasteiger charge is 2.09. The quantitative estimate of drug-likeness (QED) is 0.209. The van der Waals surface area contributed by atoms with Crippen LogP contribution >= 0.6 is 24.0 Å². The average Bonchev–Trinajstić information content (AvgIpc) is 3.16. The number of rotatable bonds is 10. The first-order valence-electron chi connectivity index (χ1n) is 10.4. The number of benzene rings is 1. The molecule has 0 saturated heterocycles. The maximum atomic E-state index is 5.27. The number of guanidine groups is 1. The Balaban J connectivity index is 0.00000420. The van der Waals surface area contributed by atoms with Crippen LogP contribution in [0.3, 0.4) is 0 Å². The van der Waals surface area contributed by atoms with E-state index in [1.165, 1.54) is 11.1 Å². The van der Waals surface area contributed by atoms with Gasteiger partial charge in [-0.1, -0.05) is 57.1 Å². The zero-order valence-corrected chi connectivity index (χ0v) is 20.7. The van der Waals surface area contributed by atoms with E-state index in [0.29, 0.717) is 17.7 Å². The minimum absolute atomic E-state index is 0. The molecule has 0 amide bonds. The van der Waals surface area contributed by atoms with Gasteiger partial charge in [-0.05, 0) is 36.3 Å². The zero-order valence-electron chi connectivity index (χ0n) is 18.4. The largest absolute Gasteiger partial charge is 0.356 e. The Kier molecular flexibility index (Phi) is 11.9. The molecule has 0 unspecified atom stereocenters. The molecule has 1 aromatic carbocycles. The topological polar surface area (TPSA) is 75.3 Å². The summed E-state index contributed by atoms with van der Waals surface area (Å²) in [5.74, 6) is 3.20. The molecule has 0 radical (unpaired) electrons. The van der Waals surface area contributed by atoms with Crippen molar-refractivity contribution < 1.29 is 4.52 Å². The molecular formula is C22H36IN5O. The number of aliphatic imine (C=N–C) groups is 1. The number of hydrogen-bond acceptors (Lipinski definition) is 4. The van der Waals surface area contributed by atoms with E-state index in [1.54, 1.807) is 7.05 Å². The molecule has 0 aliphatic heterocycles. The third-order valence-corrected chi connectivity index (χ3v) is 4.66. The summed E-state index contributed by atoms with van der Waals surface area (Å²) in [6.07, 6.45) is 3.83. The lowest BCUT2D eigenvalue weighted by Crippen LogP contribution is -2.38. The molecule has 2 N–H and O–H groups in total. The van der Waals surface area contributed by atoms with Gasteiger partial charge in [0.2, 0.25) is 5.89 Å². The summed E-state index contributed by atoms with van der Waals surface area (Å²) < 4.78 is 5.27. The van der Waals surface area contributed by atoms with Crippen LogP contribution in [0.4, 0.5) is 0 Å². The van der Waals surface area contributed by atoms with Gasteiger partial charge in [-0.3, -0.25) is 4.99 Å². The van der Waals surface area contributed by atoms with E-state index >= 15 is 0 Å². The summed E-state index contributed by atoms with van der Waals surface area (Å²) >= 11 is 0. The lowest BCUT2D eigenvalue weighted by Gasteiger charge is -2.11. The summed E-state index contributed by atoms with van der Waals surface area (Å²) in [4.78, 5) is 8.68. The lowest BCUT2D eigenvalue weighted by molar-refractivity contribution is 0.368. The van der Waals surface area contributed by atoms with E-state index in [4.69, 9.17) is 4.52 Å². The highest BCUT2D eigenvalue weighted by molar-refractivity contribution is 14.0. The first-order chi connectivity index (χ1) is 13.5. The van der Waals surface area contributed by atoms with Crippen molar-refractivity contribution >= 4 is 29.9 Å². The Hall–Kier alpha value is -1.64. The lowest BCUT2D eigenvalue weighted by atomic mass is 10.0. The number of aryl methyl sites for hydroxylation is 2. The second-order valence-electron chi connectivity index (χ2n) is 7.73. The molecular weight excluding hydrogens is 477 g/mol. The van der Waals surface area contributed by atoms with E-state index in [1.807, 2.05) is 0 Å². The predicted molar refractivity (Wildman–Crippen MR) is 130 cm³/mol. The molecule has 6 nitrogen and oxygen atoms in total. The van der Waals surface area contributed by atoms with Crippen LogP contribution < -0.4 is 10.6 Å². The van der Waals surface area contributed by atoms with Gasteiger partial charge in [-0.2, -0.15) is 4.98 Å². The molecule has 0 spiro atoms. The summed E-state index contributed by atoms with van der Waals surface area (Å²) in [6.45, 7) is 10.3. The van der Waals surface area contributed by atoms with Crippen LogP contribution in [-0.2, 0) is 12.8 Å². The third-order valence-electron chi connectivity index (χ3n) is 4.66. The predicted octanol–water partition coefficient (Wildman–Crippen LogP) is 4.66. The van der Waals surface area contributed by atoms with Crippen molar-refractivity contribution in [3.63, 3.8) is 0 Å². The summed E-state index contributed by atoms with van der Waals surface area (Å²) in [7, 11) is 1.80. The maximum Gasteiger partial charge on any atom is 0.226 e. The van der Waals surface area contributed by atoms with Crippen molar-refractivity contribution in [3.8, 4) is 0 Å². The first-order valence-corrected chi connectivity index (χ1v) is 10.4. The molecule has 7 heteroatoms. The van der Waals surface area contributed by atoms with Crippen molar-refractivity contribution in [1.29, 1.82) is 0 Å². The van der Waals surface area contributed by atoms with Crippen LogP contribution in [0.2, 0.25) is 0 Å². The van der Waals surface area contributed by atoms with Crippen molar-refractivity contribution in [2.24, 2.45) is 4.99 Å². The van der Waals surface area contributed by atoms with Gasteiger partial charge in [0, 0.05) is 32.5 Å². The van der Waals surface area contributed by atoms with Crippen LogP contribution in [0.25, 0.3) is 0 Å². The van der Waals surface area contributed by atoms with Crippen LogP contribution in [0.5, 0.6) is 0 Å². The fourth-order valence-electron chi connectivity index (χ4n) is 2.84. The van der Waals surface area contributed by atoms with Crippen molar-refractivity contribution in [2.75, 3.05) is 20.1 Å². The molecule has 0 fully saturated rings. The smallest absolute Gasteiger partial charge is 0.226 e. The number of aromatic nitrogens is 2. The zero-order chi connectivity index (χ0) is 20.4. The Morgan fingerprint density at radius 2 is 1.59 bits per heavy atom. The highest BCUT2D eigenvalue weighted by atomic mass is 127. The van der Waals surface area contributed by atoms with Crippen LogP contribution in [0.15, 0.2) is 33.8 Å². The Labute approximate surface area is 192 Å². The monoisotopic (exact) mass is 513 g/mol. The van der Waals surface area contributed by atoms with Crippen molar-refractivity contribution in [1.82, 2.24) is 20.8 Å². The normalized spacial score (nSPS) is 11.6. The molecule has 2 aromatic rings. The van der Waals surface area contributed by atoms with Crippen molar-refractivity contribution in [3.05, 3.63) is 47.1 Å². The van der Waals surface area contributed by atoms with Gasteiger partial charge in [0.15, 0.2) is 11.8 Å². The minimum Gasteiger partial charge on any atom is -0.356 e. The Bertz CT molecular complexity index is 725. The Morgan fingerprint density at radius 1 is 0.966 bits per heavy atom. The van der Waals surface area contributed by atoms with Crippen LogP contribution in [0, 0.1) is 0 Å². The van der Waals surface area contributed by atoms with E-state index in [2.05, 4.69) is 77.7 Å². The van der Waals surface area contributed by atoms with Gasteiger partial charge in [-0.25, -0.2) is 0 Å². The summed E-state index contributed by atoms with van der Waals surface area (Å²) in [5, 5.41) is 10.7. The van der Waals surface area contributed by atoms with Gasteiger partial charge >= 0.3 is 0 Å². The Morgan fingerprint density at radius 3 is 2.10 bits per heavy atom. The van der Waals surface area contributed by atoms with Gasteiger partial charge in [0.1, 0.15) is 0 Å². The fraction of sp³-hybridized carbons (Fsp3) is 0.591. The van der Waals surface area contributed by atoms with E-state index in [0.717, 1.165) is 50.6 Å². The molecule has 1 aromatic heterocycles. The molecule has 0 saturated carbocycles. The average molecular weight is 513 g/mol. The number of nitrogens with one attached hydrogen (secondary N) is 2. The third kappa shape index (κ3) is 9.14. The molecule has 29 heavy (non-hydrogen) atoms. The van der Waals surface area contributed by atoms with E-state index in [9.17, 15) is 0 Å². The standard InChI is InChI=1S/C22H35N5O.HI/c1-16(2)19-12-10-18(11-13-19)8-6-14-24-22(23-5)25-15-7-9-20-26-21(17(3)4)27-28-20;/h10-13,16-17H,6-9,14-15H2,1-5H3,(H2,23,24,25);1H. The molecule has 0 bridgehead atoms. The molecule has 2 rings (SSSR count). The molecule has 0 aliphatic rings. The van der Waals surface area contributed by atoms with Gasteiger partial charge in [0.25, 0.3) is 0 Å². The van der Waals surface area contributed by atoms with Crippen LogP contribution in [-0.4, -0.2) is 36.2 Å².